The van der Waals surface area contributed by atoms with Crippen LogP contribution in [-0.2, 0) is 25.7 Å². The normalized spacial score (nSPS) is 17.4. The molecule has 0 aliphatic heterocycles. The van der Waals surface area contributed by atoms with Crippen LogP contribution in [0, 0.1) is 40.9 Å². The highest BCUT2D eigenvalue weighted by Crippen LogP contribution is 2.33. The Morgan fingerprint density at radius 2 is 1.00 bits per heavy atom. The van der Waals surface area contributed by atoms with E-state index in [1.165, 1.54) is 51.4 Å². The van der Waals surface area contributed by atoms with Crippen LogP contribution >= 0.6 is 0 Å². The Kier molecular flexibility index (Phi) is 14.7. The van der Waals surface area contributed by atoms with Gasteiger partial charge < -0.3 is 9.47 Å². The van der Waals surface area contributed by atoms with Crippen LogP contribution in [0.1, 0.15) is 115 Å². The van der Waals surface area contributed by atoms with Crippen LogP contribution in [0.3, 0.4) is 0 Å². The van der Waals surface area contributed by atoms with E-state index in [1.54, 1.807) is 0 Å². The van der Waals surface area contributed by atoms with Crippen molar-refractivity contribution in [3.8, 4) is 0 Å². The summed E-state index contributed by atoms with van der Waals surface area (Å²) in [6.07, 6.45) is 16.3. The molecule has 0 N–H and O–H groups in total. The Morgan fingerprint density at radius 3 is 1.47 bits per heavy atom. The van der Waals surface area contributed by atoms with E-state index < -0.39 is 65.0 Å². The van der Waals surface area contributed by atoms with Crippen LogP contribution in [-0.4, -0.2) is 18.5 Å². The van der Waals surface area contributed by atoms with Gasteiger partial charge in [-0.2, -0.15) is 0 Å². The summed E-state index contributed by atoms with van der Waals surface area (Å²) in [6.45, 7) is 1.34. The van der Waals surface area contributed by atoms with Gasteiger partial charge in [0.15, 0.2) is 23.3 Å². The summed E-state index contributed by atoms with van der Waals surface area (Å²) in [5, 5.41) is 0. The molecule has 2 rings (SSSR count). The Balaban J connectivity index is 1.70. The van der Waals surface area contributed by atoms with Gasteiger partial charge >= 0.3 is 11.9 Å². The number of esters is 2. The number of benzene rings is 1. The first-order valence-corrected chi connectivity index (χ1v) is 14.1. The molecular formula is C29H41F5O4. The van der Waals surface area contributed by atoms with Crippen molar-refractivity contribution < 1.29 is 41.0 Å². The molecule has 1 fully saturated rings. The molecule has 0 aromatic heterocycles. The Morgan fingerprint density at radius 1 is 0.605 bits per heavy atom. The van der Waals surface area contributed by atoms with Gasteiger partial charge in [-0.15, -0.1) is 0 Å². The van der Waals surface area contributed by atoms with Crippen molar-refractivity contribution in [2.75, 3.05) is 6.61 Å². The second kappa shape index (κ2) is 17.4. The van der Waals surface area contributed by atoms with Crippen LogP contribution in [0.25, 0.3) is 0 Å². The number of carbonyl (C=O) groups is 2. The molecule has 2 unspecified atom stereocenters. The number of ether oxygens (including phenoxy) is 2. The molecule has 0 bridgehead atoms. The van der Waals surface area contributed by atoms with Gasteiger partial charge in [0.05, 0.1) is 24.0 Å². The summed E-state index contributed by atoms with van der Waals surface area (Å²) in [7, 11) is 0. The van der Waals surface area contributed by atoms with Crippen molar-refractivity contribution in [3.05, 3.63) is 34.6 Å². The second-order valence-electron chi connectivity index (χ2n) is 10.2. The molecule has 0 amide bonds. The molecule has 4 nitrogen and oxygen atoms in total. The molecule has 1 aliphatic rings. The van der Waals surface area contributed by atoms with E-state index in [0.717, 1.165) is 25.7 Å². The summed E-state index contributed by atoms with van der Waals surface area (Å²) in [5.41, 5.74) is -1.23. The van der Waals surface area contributed by atoms with Crippen LogP contribution < -0.4 is 0 Å². The smallest absolute Gasteiger partial charge is 0.310 e. The highest BCUT2D eigenvalue weighted by atomic mass is 19.2. The summed E-state index contributed by atoms with van der Waals surface area (Å²) in [5.74, 6) is -13.7. The van der Waals surface area contributed by atoms with Gasteiger partial charge in [0.25, 0.3) is 0 Å². The van der Waals surface area contributed by atoms with Crippen molar-refractivity contribution in [2.24, 2.45) is 11.8 Å². The summed E-state index contributed by atoms with van der Waals surface area (Å²) < 4.78 is 78.1. The maximum Gasteiger partial charge on any atom is 0.310 e. The number of rotatable bonds is 17. The maximum absolute atomic E-state index is 13.9. The molecule has 0 spiro atoms. The maximum atomic E-state index is 13.9. The van der Waals surface area contributed by atoms with Crippen LogP contribution in [0.5, 0.6) is 0 Å². The molecule has 1 aromatic rings. The van der Waals surface area contributed by atoms with Crippen LogP contribution in [0.2, 0.25) is 0 Å². The number of carbonyl (C=O) groups excluding carboxylic acids is 2. The number of unbranched alkanes of at least 4 members (excludes halogenated alkanes) is 11. The first-order valence-electron chi connectivity index (χ1n) is 14.1. The minimum atomic E-state index is -2.28. The van der Waals surface area contributed by atoms with E-state index in [1.807, 2.05) is 0 Å². The summed E-state index contributed by atoms with van der Waals surface area (Å²) in [4.78, 5) is 25.2. The zero-order chi connectivity index (χ0) is 27.9. The zero-order valence-electron chi connectivity index (χ0n) is 22.4. The summed E-state index contributed by atoms with van der Waals surface area (Å²) in [6, 6.07) is 0. The van der Waals surface area contributed by atoms with Gasteiger partial charge in [-0.25, -0.2) is 22.0 Å². The van der Waals surface area contributed by atoms with E-state index in [4.69, 9.17) is 9.47 Å². The molecule has 0 heterocycles. The molecule has 38 heavy (non-hydrogen) atoms. The molecular weight excluding hydrogens is 507 g/mol. The first-order chi connectivity index (χ1) is 18.3. The molecule has 2 atom stereocenters. The molecule has 0 saturated heterocycles. The zero-order valence-corrected chi connectivity index (χ0v) is 22.4. The van der Waals surface area contributed by atoms with Crippen molar-refractivity contribution in [1.29, 1.82) is 0 Å². The van der Waals surface area contributed by atoms with E-state index in [0.29, 0.717) is 25.7 Å². The summed E-state index contributed by atoms with van der Waals surface area (Å²) >= 11 is 0. The van der Waals surface area contributed by atoms with Crippen molar-refractivity contribution in [3.63, 3.8) is 0 Å². The third kappa shape index (κ3) is 9.84. The number of hydrogen-bond donors (Lipinski definition) is 0. The van der Waals surface area contributed by atoms with Crippen molar-refractivity contribution in [2.45, 2.75) is 116 Å². The number of halogens is 5. The monoisotopic (exact) mass is 548 g/mol. The molecule has 9 heteroatoms. The molecule has 0 radical (unpaired) electrons. The third-order valence-electron chi connectivity index (χ3n) is 7.27. The molecule has 1 saturated carbocycles. The predicted molar refractivity (Wildman–Crippen MR) is 134 cm³/mol. The fraction of sp³-hybridized carbons (Fsp3) is 0.724. The minimum Gasteiger partial charge on any atom is -0.465 e. The van der Waals surface area contributed by atoms with E-state index >= 15 is 0 Å². The van der Waals surface area contributed by atoms with E-state index in [9.17, 15) is 31.5 Å². The molecule has 1 aromatic carbocycles. The van der Waals surface area contributed by atoms with Crippen LogP contribution in [0.15, 0.2) is 0 Å². The lowest BCUT2D eigenvalue weighted by atomic mass is 9.79. The fourth-order valence-electron chi connectivity index (χ4n) is 4.95. The lowest BCUT2D eigenvalue weighted by Crippen LogP contribution is -2.35. The fourth-order valence-corrected chi connectivity index (χ4v) is 4.95. The van der Waals surface area contributed by atoms with Crippen molar-refractivity contribution in [1.82, 2.24) is 0 Å². The lowest BCUT2D eigenvalue weighted by Gasteiger charge is -2.28. The van der Waals surface area contributed by atoms with Crippen LogP contribution in [0.4, 0.5) is 22.0 Å². The standard InChI is InChI=1S/C29H41F5O4/c1-2-3-4-5-6-7-8-9-10-11-12-15-18-37-28(35)20-16-13-14-17-21(20)29(36)38-19-22-23(30)25(32)27(34)26(33)24(22)31/h20-21H,2-19H2,1H3. The van der Waals surface area contributed by atoms with Gasteiger partial charge in [-0.05, 0) is 19.3 Å². The molecule has 1 aliphatic carbocycles. The van der Waals surface area contributed by atoms with E-state index in [-0.39, 0.29) is 6.61 Å². The second-order valence-corrected chi connectivity index (χ2v) is 10.2. The number of hydrogen-bond acceptors (Lipinski definition) is 4. The van der Waals surface area contributed by atoms with Gasteiger partial charge in [0.1, 0.15) is 6.61 Å². The largest absolute Gasteiger partial charge is 0.465 e. The minimum absolute atomic E-state index is 0.249. The average Bonchev–Trinajstić information content (AvgIpc) is 2.93. The third-order valence-corrected chi connectivity index (χ3v) is 7.27. The van der Waals surface area contributed by atoms with Gasteiger partial charge in [0, 0.05) is 0 Å². The SMILES string of the molecule is CCCCCCCCCCCCCCOC(=O)C1CCCCC1C(=O)OCc1c(F)c(F)c(F)c(F)c1F. The topological polar surface area (TPSA) is 52.6 Å². The van der Waals surface area contributed by atoms with Gasteiger partial charge in [-0.1, -0.05) is 90.4 Å². The van der Waals surface area contributed by atoms with Crippen molar-refractivity contribution >= 4 is 11.9 Å². The quantitative estimate of drug-likeness (QED) is 0.0644. The highest BCUT2D eigenvalue weighted by molar-refractivity contribution is 5.82. The highest BCUT2D eigenvalue weighted by Gasteiger charge is 2.38. The predicted octanol–water partition coefficient (Wildman–Crippen LogP) is 8.48. The van der Waals surface area contributed by atoms with Gasteiger partial charge in [0.2, 0.25) is 5.82 Å². The average molecular weight is 549 g/mol. The van der Waals surface area contributed by atoms with Gasteiger partial charge in [-0.3, -0.25) is 9.59 Å². The Hall–Kier alpha value is -2.19. The van der Waals surface area contributed by atoms with E-state index in [2.05, 4.69) is 6.92 Å². The first kappa shape index (κ1) is 32.0. The lowest BCUT2D eigenvalue weighted by molar-refractivity contribution is -0.163. The Labute approximate surface area is 222 Å². The Bertz CT molecular complexity index is 863. The molecule has 216 valence electrons.